The lowest BCUT2D eigenvalue weighted by Gasteiger charge is -2.30. The molecule has 1 fully saturated rings. The largest absolute Gasteiger partial charge is 0.457 e. The first-order chi connectivity index (χ1) is 15.6. The maximum atomic E-state index is 13.0. The van der Waals surface area contributed by atoms with Gasteiger partial charge in [-0.15, -0.1) is 0 Å². The predicted octanol–water partition coefficient (Wildman–Crippen LogP) is 4.49. The number of hydrogen-bond acceptors (Lipinski definition) is 6. The molecule has 0 atom stereocenters. The van der Waals surface area contributed by atoms with Crippen LogP contribution in [0.3, 0.4) is 0 Å². The highest BCUT2D eigenvalue weighted by Gasteiger charge is 2.24. The van der Waals surface area contributed by atoms with Crippen molar-refractivity contribution < 1.29 is 9.53 Å². The van der Waals surface area contributed by atoms with E-state index in [1.807, 2.05) is 73.6 Å². The Morgan fingerprint density at radius 1 is 0.938 bits per heavy atom. The molecule has 1 heterocycles. The summed E-state index contributed by atoms with van der Waals surface area (Å²) in [6, 6.07) is 19.2. The van der Waals surface area contributed by atoms with Crippen molar-refractivity contribution in [2.24, 2.45) is 0 Å². The zero-order chi connectivity index (χ0) is 22.3. The Balaban J connectivity index is 1.32. The molecule has 3 aromatic rings. The Morgan fingerprint density at radius 2 is 1.62 bits per heavy atom. The number of nitrogens with zero attached hydrogens (tertiary/aromatic N) is 3. The van der Waals surface area contributed by atoms with Crippen LogP contribution in [0.1, 0.15) is 36.0 Å². The van der Waals surface area contributed by atoms with Crippen LogP contribution < -0.4 is 20.3 Å². The average molecular weight is 432 g/mol. The molecular formula is C25H29N5O2. The summed E-state index contributed by atoms with van der Waals surface area (Å²) in [7, 11) is 3.92. The monoisotopic (exact) mass is 431 g/mol. The third-order valence-electron chi connectivity index (χ3n) is 5.60. The van der Waals surface area contributed by atoms with Crippen molar-refractivity contribution in [1.82, 2.24) is 15.3 Å². The summed E-state index contributed by atoms with van der Waals surface area (Å²) in [5.74, 6) is 2.69. The Labute approximate surface area is 188 Å². The van der Waals surface area contributed by atoms with E-state index in [0.717, 1.165) is 31.5 Å². The number of carbonyl (C=O) groups is 1. The van der Waals surface area contributed by atoms with Crippen molar-refractivity contribution in [2.75, 3.05) is 24.3 Å². The lowest BCUT2D eigenvalue weighted by Crippen LogP contribution is -2.40. The van der Waals surface area contributed by atoms with Crippen LogP contribution in [0.25, 0.3) is 0 Å². The summed E-state index contributed by atoms with van der Waals surface area (Å²) < 4.78 is 5.94. The number of para-hydroxylation sites is 2. The van der Waals surface area contributed by atoms with E-state index >= 15 is 0 Å². The SMILES string of the molecule is CN(C)c1ccnc(NC2CCC(NC(=O)c3ccccc3Oc3ccccc3)CC2)n1. The number of benzene rings is 2. The highest BCUT2D eigenvalue weighted by Crippen LogP contribution is 2.26. The van der Waals surface area contributed by atoms with Crippen molar-refractivity contribution >= 4 is 17.7 Å². The minimum Gasteiger partial charge on any atom is -0.457 e. The van der Waals surface area contributed by atoms with Gasteiger partial charge in [0, 0.05) is 32.4 Å². The van der Waals surface area contributed by atoms with Crippen LogP contribution in [-0.2, 0) is 0 Å². The van der Waals surface area contributed by atoms with Crippen molar-refractivity contribution in [3.05, 3.63) is 72.4 Å². The number of rotatable bonds is 7. The van der Waals surface area contributed by atoms with E-state index in [1.165, 1.54) is 0 Å². The molecule has 0 aliphatic heterocycles. The van der Waals surface area contributed by atoms with Gasteiger partial charge in [-0.1, -0.05) is 30.3 Å². The van der Waals surface area contributed by atoms with E-state index in [-0.39, 0.29) is 11.9 Å². The summed E-state index contributed by atoms with van der Waals surface area (Å²) in [5, 5.41) is 6.62. The van der Waals surface area contributed by atoms with Gasteiger partial charge in [0.15, 0.2) is 0 Å². The maximum absolute atomic E-state index is 13.0. The lowest BCUT2D eigenvalue weighted by molar-refractivity contribution is 0.0924. The molecule has 1 amide bonds. The molecule has 32 heavy (non-hydrogen) atoms. The summed E-state index contributed by atoms with van der Waals surface area (Å²) in [4.78, 5) is 23.8. The second-order valence-electron chi connectivity index (χ2n) is 8.21. The standard InChI is InChI=1S/C25H29N5O2/c1-30(2)23-16-17-26-25(29-23)28-19-14-12-18(13-15-19)27-24(31)21-10-6-7-11-22(21)32-20-8-4-3-5-9-20/h3-11,16-19H,12-15H2,1-2H3,(H,27,31)(H,26,28,29). The summed E-state index contributed by atoms with van der Waals surface area (Å²) in [5.41, 5.74) is 0.547. The fourth-order valence-electron chi connectivity index (χ4n) is 3.85. The molecule has 0 bridgehead atoms. The van der Waals surface area contributed by atoms with E-state index in [0.29, 0.717) is 29.1 Å². The molecule has 2 N–H and O–H groups in total. The smallest absolute Gasteiger partial charge is 0.255 e. The number of hydrogen-bond donors (Lipinski definition) is 2. The first kappa shape index (κ1) is 21.6. The van der Waals surface area contributed by atoms with Crippen molar-refractivity contribution in [1.29, 1.82) is 0 Å². The molecule has 7 nitrogen and oxygen atoms in total. The van der Waals surface area contributed by atoms with E-state index in [1.54, 1.807) is 12.3 Å². The van der Waals surface area contributed by atoms with Gasteiger partial charge < -0.3 is 20.3 Å². The van der Waals surface area contributed by atoms with Crippen molar-refractivity contribution in [3.63, 3.8) is 0 Å². The number of amides is 1. The molecule has 4 rings (SSSR count). The van der Waals surface area contributed by atoms with E-state index in [9.17, 15) is 4.79 Å². The Bertz CT molecular complexity index is 1030. The van der Waals surface area contributed by atoms with Gasteiger partial charge in [0.2, 0.25) is 5.95 Å². The summed E-state index contributed by atoms with van der Waals surface area (Å²) in [6.45, 7) is 0. The Hall–Kier alpha value is -3.61. The van der Waals surface area contributed by atoms with Gasteiger partial charge in [-0.25, -0.2) is 4.98 Å². The van der Waals surface area contributed by atoms with Crippen LogP contribution in [0.2, 0.25) is 0 Å². The van der Waals surface area contributed by atoms with E-state index < -0.39 is 0 Å². The Kier molecular flexibility index (Phi) is 6.84. The molecule has 1 aliphatic rings. The minimum atomic E-state index is -0.102. The van der Waals surface area contributed by atoms with Crippen LogP contribution in [-0.4, -0.2) is 42.1 Å². The van der Waals surface area contributed by atoms with Gasteiger partial charge in [-0.3, -0.25) is 4.79 Å². The quantitative estimate of drug-likeness (QED) is 0.574. The second-order valence-corrected chi connectivity index (χ2v) is 8.21. The molecule has 0 unspecified atom stereocenters. The maximum Gasteiger partial charge on any atom is 0.255 e. The molecule has 166 valence electrons. The van der Waals surface area contributed by atoms with Crippen LogP contribution in [0, 0.1) is 0 Å². The zero-order valence-corrected chi connectivity index (χ0v) is 18.5. The van der Waals surface area contributed by atoms with Gasteiger partial charge in [0.25, 0.3) is 5.91 Å². The number of nitrogens with one attached hydrogen (secondary N) is 2. The van der Waals surface area contributed by atoms with Crippen LogP contribution in [0.5, 0.6) is 11.5 Å². The highest BCUT2D eigenvalue weighted by atomic mass is 16.5. The fourth-order valence-corrected chi connectivity index (χ4v) is 3.85. The Morgan fingerprint density at radius 3 is 2.38 bits per heavy atom. The average Bonchev–Trinajstić information content (AvgIpc) is 2.81. The molecule has 7 heteroatoms. The molecule has 0 saturated heterocycles. The predicted molar refractivity (Wildman–Crippen MR) is 126 cm³/mol. The first-order valence-electron chi connectivity index (χ1n) is 11.0. The van der Waals surface area contributed by atoms with Gasteiger partial charge in [0.1, 0.15) is 17.3 Å². The van der Waals surface area contributed by atoms with Gasteiger partial charge >= 0.3 is 0 Å². The minimum absolute atomic E-state index is 0.102. The van der Waals surface area contributed by atoms with E-state index in [2.05, 4.69) is 20.6 Å². The third kappa shape index (κ3) is 5.55. The summed E-state index contributed by atoms with van der Waals surface area (Å²) >= 11 is 0. The molecular weight excluding hydrogens is 402 g/mol. The molecule has 2 aromatic carbocycles. The van der Waals surface area contributed by atoms with Crippen molar-refractivity contribution in [3.8, 4) is 11.5 Å². The first-order valence-corrected chi connectivity index (χ1v) is 11.0. The van der Waals surface area contributed by atoms with Crippen LogP contribution >= 0.6 is 0 Å². The number of carbonyl (C=O) groups excluding carboxylic acids is 1. The topological polar surface area (TPSA) is 79.4 Å². The lowest BCUT2D eigenvalue weighted by atomic mass is 9.91. The number of aromatic nitrogens is 2. The van der Waals surface area contributed by atoms with Gasteiger partial charge in [0.05, 0.1) is 5.56 Å². The molecule has 0 spiro atoms. The zero-order valence-electron chi connectivity index (χ0n) is 18.5. The number of ether oxygens (including phenoxy) is 1. The molecule has 1 aromatic heterocycles. The molecule has 1 saturated carbocycles. The summed E-state index contributed by atoms with van der Waals surface area (Å²) in [6.07, 6.45) is 5.47. The number of anilines is 2. The van der Waals surface area contributed by atoms with Crippen LogP contribution in [0.4, 0.5) is 11.8 Å². The molecule has 0 radical (unpaired) electrons. The van der Waals surface area contributed by atoms with Gasteiger partial charge in [-0.2, -0.15) is 4.98 Å². The van der Waals surface area contributed by atoms with Gasteiger partial charge in [-0.05, 0) is 56.0 Å². The second kappa shape index (κ2) is 10.1. The van der Waals surface area contributed by atoms with E-state index in [4.69, 9.17) is 4.74 Å². The van der Waals surface area contributed by atoms with Crippen molar-refractivity contribution in [2.45, 2.75) is 37.8 Å². The molecule has 1 aliphatic carbocycles. The fraction of sp³-hybridized carbons (Fsp3) is 0.320. The normalized spacial score (nSPS) is 17.9. The van der Waals surface area contributed by atoms with Crippen LogP contribution in [0.15, 0.2) is 66.9 Å². The highest BCUT2D eigenvalue weighted by molar-refractivity contribution is 5.97. The third-order valence-corrected chi connectivity index (χ3v) is 5.60.